The second-order valence-corrected chi connectivity index (χ2v) is 6.83. The minimum Gasteiger partial charge on any atom is -0.325 e. The van der Waals surface area contributed by atoms with Crippen molar-refractivity contribution in [3.8, 4) is 0 Å². The zero-order valence-electron chi connectivity index (χ0n) is 14.6. The molecule has 1 N–H and O–H groups in total. The fourth-order valence-corrected chi connectivity index (χ4v) is 2.94. The number of hydrogen-bond acceptors (Lipinski definition) is 3. The fraction of sp³-hybridized carbons (Fsp3) is 0.150. The van der Waals surface area contributed by atoms with Crippen molar-refractivity contribution in [2.75, 3.05) is 5.32 Å². The number of nitrogens with zero attached hydrogens (tertiary/aromatic N) is 2. The van der Waals surface area contributed by atoms with Gasteiger partial charge in [0.2, 0.25) is 5.91 Å². The minimum atomic E-state index is -0.231. The summed E-state index contributed by atoms with van der Waals surface area (Å²) in [6.07, 6.45) is 1.74. The maximum Gasteiger partial charge on any atom is 0.226 e. The second kappa shape index (κ2) is 8.37. The topological polar surface area (TPSA) is 64.0 Å². The Labute approximate surface area is 166 Å². The van der Waals surface area contributed by atoms with Crippen molar-refractivity contribution in [1.29, 1.82) is 0 Å². The lowest BCUT2D eigenvalue weighted by Crippen LogP contribution is -2.17. The van der Waals surface area contributed by atoms with Gasteiger partial charge in [0.15, 0.2) is 5.78 Å². The molecule has 7 heteroatoms. The van der Waals surface area contributed by atoms with Crippen LogP contribution >= 0.6 is 23.2 Å². The van der Waals surface area contributed by atoms with Gasteiger partial charge in [0.1, 0.15) is 0 Å². The highest BCUT2D eigenvalue weighted by molar-refractivity contribution is 6.31. The number of nitrogens with one attached hydrogen (secondary N) is 1. The number of aryl methyl sites for hydroxylation is 1. The largest absolute Gasteiger partial charge is 0.325 e. The molecule has 0 aliphatic carbocycles. The molecule has 0 atom stereocenters. The molecule has 0 aliphatic heterocycles. The Kier molecular flexibility index (Phi) is 5.94. The van der Waals surface area contributed by atoms with Gasteiger partial charge in [0.05, 0.1) is 29.1 Å². The highest BCUT2D eigenvalue weighted by atomic mass is 35.5. The monoisotopic (exact) mass is 401 g/mol. The van der Waals surface area contributed by atoms with E-state index in [9.17, 15) is 9.59 Å². The van der Waals surface area contributed by atoms with E-state index in [0.717, 1.165) is 5.69 Å². The van der Waals surface area contributed by atoms with Crippen LogP contribution in [-0.4, -0.2) is 21.5 Å². The summed E-state index contributed by atoms with van der Waals surface area (Å²) in [6.45, 7) is 2.23. The Morgan fingerprint density at radius 2 is 1.85 bits per heavy atom. The van der Waals surface area contributed by atoms with Crippen molar-refractivity contribution in [3.05, 3.63) is 81.6 Å². The van der Waals surface area contributed by atoms with Gasteiger partial charge in [-0.05, 0) is 25.1 Å². The lowest BCUT2D eigenvalue weighted by molar-refractivity contribution is -0.116. The number of rotatable bonds is 6. The molecule has 0 saturated heterocycles. The summed E-state index contributed by atoms with van der Waals surface area (Å²) in [7, 11) is 0. The Morgan fingerprint density at radius 3 is 2.52 bits per heavy atom. The first-order valence-electron chi connectivity index (χ1n) is 8.33. The second-order valence-electron chi connectivity index (χ2n) is 5.98. The maximum absolute atomic E-state index is 12.8. The van der Waals surface area contributed by atoms with E-state index < -0.39 is 0 Å². The molecule has 1 heterocycles. The molecule has 27 heavy (non-hydrogen) atoms. The maximum atomic E-state index is 12.8. The number of halogens is 2. The van der Waals surface area contributed by atoms with Gasteiger partial charge in [-0.15, -0.1) is 0 Å². The van der Waals surface area contributed by atoms with Crippen molar-refractivity contribution < 1.29 is 9.59 Å². The average Bonchev–Trinajstić information content (AvgIpc) is 3.00. The van der Waals surface area contributed by atoms with Crippen LogP contribution in [0.3, 0.4) is 0 Å². The number of ketones is 1. The summed E-state index contributed by atoms with van der Waals surface area (Å²) in [6, 6.07) is 13.7. The Hall–Kier alpha value is -2.63. The van der Waals surface area contributed by atoms with E-state index in [0.29, 0.717) is 33.4 Å². The zero-order chi connectivity index (χ0) is 19.4. The smallest absolute Gasteiger partial charge is 0.226 e. The normalized spacial score (nSPS) is 10.6. The summed E-state index contributed by atoms with van der Waals surface area (Å²) < 4.78 is 1.67. The molecule has 0 unspecified atom stereocenters. The van der Waals surface area contributed by atoms with E-state index in [1.807, 2.05) is 13.0 Å². The molecule has 138 valence electrons. The van der Waals surface area contributed by atoms with Gasteiger partial charge in [0.25, 0.3) is 0 Å². The summed E-state index contributed by atoms with van der Waals surface area (Å²) in [4.78, 5) is 25.2. The molecule has 0 spiro atoms. The van der Waals surface area contributed by atoms with Crippen LogP contribution in [0.1, 0.15) is 28.0 Å². The molecule has 1 aromatic heterocycles. The number of carbonyl (C=O) groups excluding carboxylic acids is 2. The molecule has 3 rings (SSSR count). The van der Waals surface area contributed by atoms with E-state index >= 15 is 0 Å². The van der Waals surface area contributed by atoms with Gasteiger partial charge in [-0.25, -0.2) is 0 Å². The summed E-state index contributed by atoms with van der Waals surface area (Å²) in [5.74, 6) is -0.437. The van der Waals surface area contributed by atoms with Gasteiger partial charge in [-0.1, -0.05) is 53.5 Å². The quantitative estimate of drug-likeness (QED) is 0.605. The van der Waals surface area contributed by atoms with E-state index in [1.165, 1.54) is 0 Å². The summed E-state index contributed by atoms with van der Waals surface area (Å²) in [5.41, 5.74) is 2.10. The number of carbonyl (C=O) groups is 2. The predicted octanol–water partition coefficient (Wildman–Crippen LogP) is 4.76. The van der Waals surface area contributed by atoms with Crippen LogP contribution in [0.4, 0.5) is 5.69 Å². The van der Waals surface area contributed by atoms with E-state index in [1.54, 1.807) is 53.3 Å². The number of anilines is 1. The van der Waals surface area contributed by atoms with Gasteiger partial charge in [-0.2, -0.15) is 5.10 Å². The number of hydrogen-bond donors (Lipinski definition) is 1. The van der Waals surface area contributed by atoms with Crippen molar-refractivity contribution in [2.24, 2.45) is 0 Å². The van der Waals surface area contributed by atoms with Crippen molar-refractivity contribution in [1.82, 2.24) is 9.78 Å². The molecular formula is C20H17Cl2N3O2. The fourth-order valence-electron chi connectivity index (χ4n) is 2.63. The first-order valence-corrected chi connectivity index (χ1v) is 9.08. The Morgan fingerprint density at radius 1 is 1.11 bits per heavy atom. The van der Waals surface area contributed by atoms with E-state index in [2.05, 4.69) is 10.4 Å². The van der Waals surface area contributed by atoms with Crippen LogP contribution in [0.25, 0.3) is 0 Å². The lowest BCUT2D eigenvalue weighted by Gasteiger charge is -2.12. The van der Waals surface area contributed by atoms with E-state index in [-0.39, 0.29) is 18.1 Å². The van der Waals surface area contributed by atoms with Crippen molar-refractivity contribution in [3.63, 3.8) is 0 Å². The van der Waals surface area contributed by atoms with Gasteiger partial charge < -0.3 is 5.32 Å². The molecule has 0 bridgehead atoms. The van der Waals surface area contributed by atoms with Gasteiger partial charge in [-0.3, -0.25) is 14.3 Å². The van der Waals surface area contributed by atoms with Crippen LogP contribution < -0.4 is 5.32 Å². The van der Waals surface area contributed by atoms with Crippen molar-refractivity contribution >= 4 is 40.6 Å². The number of benzene rings is 2. The van der Waals surface area contributed by atoms with Gasteiger partial charge in [0, 0.05) is 22.6 Å². The van der Waals surface area contributed by atoms with Crippen LogP contribution in [0.2, 0.25) is 10.0 Å². The average molecular weight is 402 g/mol. The predicted molar refractivity (Wildman–Crippen MR) is 107 cm³/mol. The first kappa shape index (κ1) is 19.1. The third-order valence-corrected chi connectivity index (χ3v) is 4.74. The highest BCUT2D eigenvalue weighted by Crippen LogP contribution is 2.24. The highest BCUT2D eigenvalue weighted by Gasteiger charge is 2.16. The van der Waals surface area contributed by atoms with Crippen molar-refractivity contribution in [2.45, 2.75) is 19.9 Å². The van der Waals surface area contributed by atoms with Crippen LogP contribution in [0.5, 0.6) is 0 Å². The summed E-state index contributed by atoms with van der Waals surface area (Å²) in [5, 5.41) is 7.90. The molecule has 0 saturated carbocycles. The first-order chi connectivity index (χ1) is 13.0. The van der Waals surface area contributed by atoms with Gasteiger partial charge >= 0.3 is 0 Å². The number of aromatic nitrogens is 2. The standard InChI is InChI=1S/C20H17Cl2N3O2/c1-13-17(22)12-23-25(13)10-9-19(26)24-18-8-7-15(21)11-16(18)20(27)14-5-3-2-4-6-14/h2-8,11-12H,9-10H2,1H3,(H,24,26). The number of amides is 1. The minimum absolute atomic E-state index is 0.195. The molecule has 5 nitrogen and oxygen atoms in total. The molecule has 2 aromatic carbocycles. The molecule has 1 amide bonds. The third-order valence-electron chi connectivity index (χ3n) is 4.13. The van der Waals surface area contributed by atoms with Crippen LogP contribution in [0.15, 0.2) is 54.7 Å². The van der Waals surface area contributed by atoms with Crippen LogP contribution in [-0.2, 0) is 11.3 Å². The molecule has 0 aliphatic rings. The Bertz CT molecular complexity index is 984. The Balaban J connectivity index is 1.75. The molecule has 0 fully saturated rings. The third kappa shape index (κ3) is 4.56. The summed E-state index contributed by atoms with van der Waals surface area (Å²) >= 11 is 12.0. The SMILES string of the molecule is Cc1c(Cl)cnn1CCC(=O)Nc1ccc(Cl)cc1C(=O)c1ccccc1. The lowest BCUT2D eigenvalue weighted by atomic mass is 10.0. The molecule has 0 radical (unpaired) electrons. The molecular weight excluding hydrogens is 385 g/mol. The van der Waals surface area contributed by atoms with Crippen LogP contribution in [0, 0.1) is 6.92 Å². The zero-order valence-corrected chi connectivity index (χ0v) is 16.1. The van der Waals surface area contributed by atoms with E-state index in [4.69, 9.17) is 23.2 Å². The molecule has 3 aromatic rings.